The minimum atomic E-state index is -0.00405. The fraction of sp³-hybridized carbons (Fsp3) is 0.500. The van der Waals surface area contributed by atoms with Crippen LogP contribution >= 0.6 is 0 Å². The van der Waals surface area contributed by atoms with Crippen molar-refractivity contribution in [3.8, 4) is 5.75 Å². The zero-order valence-electron chi connectivity index (χ0n) is 15.4. The number of carbonyl (C=O) groups excluding carboxylic acids is 1. The average molecular weight is 342 g/mol. The van der Waals surface area contributed by atoms with E-state index in [2.05, 4.69) is 31.1 Å². The monoisotopic (exact) mass is 342 g/mol. The van der Waals surface area contributed by atoms with Crippen LogP contribution in [0.3, 0.4) is 0 Å². The Morgan fingerprint density at radius 3 is 2.84 bits per heavy atom. The Bertz CT molecular complexity index is 751. The maximum atomic E-state index is 12.7. The first-order valence-corrected chi connectivity index (χ1v) is 8.91. The van der Waals surface area contributed by atoms with Crippen molar-refractivity contribution in [3.63, 3.8) is 0 Å². The molecule has 2 heterocycles. The summed E-state index contributed by atoms with van der Waals surface area (Å²) in [7, 11) is 0. The molecule has 134 valence electrons. The molecule has 1 aromatic carbocycles. The van der Waals surface area contributed by atoms with E-state index in [-0.39, 0.29) is 18.6 Å². The minimum Gasteiger partial charge on any atom is -0.483 e. The summed E-state index contributed by atoms with van der Waals surface area (Å²) in [6, 6.07) is 8.07. The second-order valence-electron chi connectivity index (χ2n) is 7.09. The smallest absolute Gasteiger partial charge is 0.261 e. The van der Waals surface area contributed by atoms with Gasteiger partial charge >= 0.3 is 0 Å². The summed E-state index contributed by atoms with van der Waals surface area (Å²) in [5, 5.41) is 4.09. The third-order valence-electron chi connectivity index (χ3n) is 4.70. The van der Waals surface area contributed by atoms with Crippen LogP contribution in [0.4, 0.5) is 0 Å². The number of amides is 1. The number of benzene rings is 1. The lowest BCUT2D eigenvalue weighted by Crippen LogP contribution is -2.34. The number of hydrogen-bond acceptors (Lipinski definition) is 4. The zero-order valence-corrected chi connectivity index (χ0v) is 15.4. The normalized spacial score (nSPS) is 17.3. The molecule has 5 heteroatoms. The third-order valence-corrected chi connectivity index (χ3v) is 4.70. The van der Waals surface area contributed by atoms with E-state index in [4.69, 9.17) is 9.26 Å². The molecule has 1 fully saturated rings. The van der Waals surface area contributed by atoms with E-state index in [1.165, 1.54) is 0 Å². The molecule has 1 amide bonds. The predicted octanol–water partition coefficient (Wildman–Crippen LogP) is 4.16. The van der Waals surface area contributed by atoms with Crippen LogP contribution in [-0.2, 0) is 4.79 Å². The number of carbonyl (C=O) groups is 1. The van der Waals surface area contributed by atoms with Gasteiger partial charge in [-0.15, -0.1) is 0 Å². The van der Waals surface area contributed by atoms with Gasteiger partial charge in [0, 0.05) is 12.6 Å². The summed E-state index contributed by atoms with van der Waals surface area (Å²) in [6.45, 7) is 8.94. The van der Waals surface area contributed by atoms with E-state index in [1.807, 2.05) is 30.9 Å². The van der Waals surface area contributed by atoms with Crippen LogP contribution in [0, 0.1) is 13.8 Å². The van der Waals surface area contributed by atoms with Crippen molar-refractivity contribution in [1.82, 2.24) is 10.1 Å². The molecule has 25 heavy (non-hydrogen) atoms. The molecule has 0 aliphatic carbocycles. The quantitative estimate of drug-likeness (QED) is 0.819. The van der Waals surface area contributed by atoms with E-state index in [0.717, 1.165) is 47.7 Å². The molecule has 0 saturated carbocycles. The second-order valence-corrected chi connectivity index (χ2v) is 7.09. The fourth-order valence-corrected chi connectivity index (χ4v) is 3.38. The molecule has 3 rings (SSSR count). The van der Waals surface area contributed by atoms with Crippen LogP contribution in [0.5, 0.6) is 5.75 Å². The molecular formula is C20H26N2O3. The molecule has 0 radical (unpaired) electrons. The minimum absolute atomic E-state index is 0.000588. The van der Waals surface area contributed by atoms with E-state index in [0.29, 0.717) is 5.92 Å². The molecule has 1 aromatic heterocycles. The van der Waals surface area contributed by atoms with E-state index >= 15 is 0 Å². The Hall–Kier alpha value is -2.30. The Labute approximate surface area is 148 Å². The van der Waals surface area contributed by atoms with Crippen molar-refractivity contribution < 1.29 is 14.1 Å². The highest BCUT2D eigenvalue weighted by Crippen LogP contribution is 2.32. The SMILES string of the molecule is Cc1ccc(C(C)C)c(OCC(=O)N2CCC[C@@H]2c2cc(C)on2)c1. The topological polar surface area (TPSA) is 55.6 Å². The summed E-state index contributed by atoms with van der Waals surface area (Å²) in [4.78, 5) is 14.6. The summed E-state index contributed by atoms with van der Waals surface area (Å²) >= 11 is 0. The van der Waals surface area contributed by atoms with Gasteiger partial charge in [-0.05, 0) is 49.8 Å². The number of aryl methyl sites for hydroxylation is 2. The Balaban J connectivity index is 1.69. The molecule has 0 bridgehead atoms. The van der Waals surface area contributed by atoms with E-state index < -0.39 is 0 Å². The molecule has 1 atom stereocenters. The van der Waals surface area contributed by atoms with Crippen molar-refractivity contribution in [2.75, 3.05) is 13.2 Å². The predicted molar refractivity (Wildman–Crippen MR) is 95.7 cm³/mol. The maximum absolute atomic E-state index is 12.7. The third kappa shape index (κ3) is 3.86. The summed E-state index contributed by atoms with van der Waals surface area (Å²) in [5.41, 5.74) is 3.09. The van der Waals surface area contributed by atoms with Crippen LogP contribution in [-0.4, -0.2) is 29.1 Å². The molecule has 5 nitrogen and oxygen atoms in total. The number of hydrogen-bond donors (Lipinski definition) is 0. The van der Waals surface area contributed by atoms with Crippen molar-refractivity contribution in [2.45, 2.75) is 52.5 Å². The summed E-state index contributed by atoms with van der Waals surface area (Å²) in [6.07, 6.45) is 1.89. The highest BCUT2D eigenvalue weighted by Gasteiger charge is 2.32. The van der Waals surface area contributed by atoms with Gasteiger partial charge < -0.3 is 14.2 Å². The van der Waals surface area contributed by atoms with Gasteiger partial charge in [0.15, 0.2) is 6.61 Å². The summed E-state index contributed by atoms with van der Waals surface area (Å²) in [5.74, 6) is 1.92. The van der Waals surface area contributed by atoms with E-state index in [9.17, 15) is 4.79 Å². The zero-order chi connectivity index (χ0) is 18.0. The van der Waals surface area contributed by atoms with Crippen LogP contribution in [0.25, 0.3) is 0 Å². The molecule has 0 unspecified atom stereocenters. The first-order chi connectivity index (χ1) is 12.0. The first-order valence-electron chi connectivity index (χ1n) is 8.91. The van der Waals surface area contributed by atoms with Crippen LogP contribution in [0.2, 0.25) is 0 Å². The van der Waals surface area contributed by atoms with Crippen LogP contribution in [0.1, 0.15) is 61.2 Å². The lowest BCUT2D eigenvalue weighted by molar-refractivity contribution is -0.134. The van der Waals surface area contributed by atoms with Gasteiger partial charge in [0.2, 0.25) is 0 Å². The Morgan fingerprint density at radius 1 is 1.36 bits per heavy atom. The number of rotatable bonds is 5. The van der Waals surface area contributed by atoms with Gasteiger partial charge in [0.25, 0.3) is 5.91 Å². The molecule has 1 aliphatic rings. The van der Waals surface area contributed by atoms with Crippen molar-refractivity contribution >= 4 is 5.91 Å². The average Bonchev–Trinajstić information content (AvgIpc) is 3.20. The van der Waals surface area contributed by atoms with Crippen molar-refractivity contribution in [1.29, 1.82) is 0 Å². The van der Waals surface area contributed by atoms with E-state index in [1.54, 1.807) is 0 Å². The molecule has 0 N–H and O–H groups in total. The van der Waals surface area contributed by atoms with Crippen LogP contribution in [0.15, 0.2) is 28.8 Å². The van der Waals surface area contributed by atoms with Crippen LogP contribution < -0.4 is 4.74 Å². The van der Waals surface area contributed by atoms with Crippen molar-refractivity contribution in [2.24, 2.45) is 0 Å². The standard InChI is InChI=1S/C20H26N2O3/c1-13(2)16-8-7-14(3)10-19(16)24-12-20(23)22-9-5-6-18(22)17-11-15(4)25-21-17/h7-8,10-11,13,18H,5-6,9,12H2,1-4H3/t18-/m1/s1. The lowest BCUT2D eigenvalue weighted by atomic mass is 10.0. The van der Waals surface area contributed by atoms with Gasteiger partial charge in [0.1, 0.15) is 17.2 Å². The number of likely N-dealkylation sites (tertiary alicyclic amines) is 1. The maximum Gasteiger partial charge on any atom is 0.261 e. The van der Waals surface area contributed by atoms with Crippen molar-refractivity contribution in [3.05, 3.63) is 46.8 Å². The second kappa shape index (κ2) is 7.30. The summed E-state index contributed by atoms with van der Waals surface area (Å²) < 4.78 is 11.1. The van der Waals surface area contributed by atoms with Gasteiger partial charge in [-0.3, -0.25) is 4.79 Å². The lowest BCUT2D eigenvalue weighted by Gasteiger charge is -2.23. The molecule has 1 aliphatic heterocycles. The molecule has 0 spiro atoms. The van der Waals surface area contributed by atoms with Gasteiger partial charge in [-0.1, -0.05) is 31.1 Å². The van der Waals surface area contributed by atoms with Gasteiger partial charge in [0.05, 0.1) is 6.04 Å². The molecular weight excluding hydrogens is 316 g/mol. The van der Waals surface area contributed by atoms with Gasteiger partial charge in [-0.25, -0.2) is 0 Å². The fourth-order valence-electron chi connectivity index (χ4n) is 3.38. The number of nitrogens with zero attached hydrogens (tertiary/aromatic N) is 2. The largest absolute Gasteiger partial charge is 0.483 e. The highest BCUT2D eigenvalue weighted by atomic mass is 16.5. The Morgan fingerprint density at radius 2 is 2.16 bits per heavy atom. The number of ether oxygens (including phenoxy) is 1. The number of aromatic nitrogens is 1. The first kappa shape index (κ1) is 17.5. The van der Waals surface area contributed by atoms with Gasteiger partial charge in [-0.2, -0.15) is 0 Å². The molecule has 2 aromatic rings. The highest BCUT2D eigenvalue weighted by molar-refractivity contribution is 5.78. The molecule has 1 saturated heterocycles. The Kier molecular flexibility index (Phi) is 5.11.